The van der Waals surface area contributed by atoms with Crippen LogP contribution in [-0.2, 0) is 0 Å². The second-order valence-electron chi connectivity index (χ2n) is 3.91. The van der Waals surface area contributed by atoms with Crippen molar-refractivity contribution in [3.63, 3.8) is 0 Å². The molecule has 0 atom stereocenters. The van der Waals surface area contributed by atoms with Gasteiger partial charge in [0.15, 0.2) is 0 Å². The molecule has 0 aliphatic carbocycles. The zero-order valence-corrected chi connectivity index (χ0v) is 9.36. The molecule has 0 aromatic carbocycles. The van der Waals surface area contributed by atoms with Gasteiger partial charge < -0.3 is 0 Å². The van der Waals surface area contributed by atoms with Gasteiger partial charge in [-0.2, -0.15) is 0 Å². The SMILES string of the molecule is CC=C(C)C(=CC)C(C)(C)CC. The van der Waals surface area contributed by atoms with Crippen LogP contribution in [0.5, 0.6) is 0 Å². The van der Waals surface area contributed by atoms with Crippen LogP contribution in [0.15, 0.2) is 23.3 Å². The van der Waals surface area contributed by atoms with Gasteiger partial charge in [-0.1, -0.05) is 38.5 Å². The molecule has 0 nitrogen and oxygen atoms in total. The minimum absolute atomic E-state index is 0.325. The Hall–Kier alpha value is -0.520. The number of rotatable bonds is 3. The fourth-order valence-electron chi connectivity index (χ4n) is 1.50. The van der Waals surface area contributed by atoms with Gasteiger partial charge in [0, 0.05) is 0 Å². The fourth-order valence-corrected chi connectivity index (χ4v) is 1.50. The summed E-state index contributed by atoms with van der Waals surface area (Å²) in [5.41, 5.74) is 3.21. The maximum atomic E-state index is 2.30. The lowest BCUT2D eigenvalue weighted by atomic mass is 9.78. The molecule has 0 rings (SSSR count). The first-order chi connectivity index (χ1) is 5.49. The first-order valence-corrected chi connectivity index (χ1v) is 4.79. The maximum absolute atomic E-state index is 2.30. The van der Waals surface area contributed by atoms with Crippen molar-refractivity contribution >= 4 is 0 Å². The summed E-state index contributed by atoms with van der Waals surface area (Å²) in [5.74, 6) is 0. The van der Waals surface area contributed by atoms with Crippen LogP contribution >= 0.6 is 0 Å². The summed E-state index contributed by atoms with van der Waals surface area (Å²) in [5, 5.41) is 0. The predicted molar refractivity (Wildman–Crippen MR) is 57.3 cm³/mol. The normalized spacial score (nSPS) is 15.2. The summed E-state index contributed by atoms with van der Waals surface area (Å²) in [4.78, 5) is 0. The first-order valence-electron chi connectivity index (χ1n) is 4.79. The average Bonchev–Trinajstić information content (AvgIpc) is 2.05. The Labute approximate surface area is 77.4 Å². The Morgan fingerprint density at radius 3 is 1.92 bits per heavy atom. The largest absolute Gasteiger partial charge is 0.0844 e. The maximum Gasteiger partial charge on any atom is -0.0107 e. The molecule has 0 aromatic heterocycles. The molecule has 0 aliphatic rings. The lowest BCUT2D eigenvalue weighted by Crippen LogP contribution is -2.14. The van der Waals surface area contributed by atoms with E-state index in [4.69, 9.17) is 0 Å². The van der Waals surface area contributed by atoms with Gasteiger partial charge in [-0.3, -0.25) is 0 Å². The molecule has 0 amide bonds. The molecule has 12 heavy (non-hydrogen) atoms. The molecule has 0 radical (unpaired) electrons. The fraction of sp³-hybridized carbons (Fsp3) is 0.667. The van der Waals surface area contributed by atoms with Crippen LogP contribution in [0.4, 0.5) is 0 Å². The monoisotopic (exact) mass is 166 g/mol. The minimum Gasteiger partial charge on any atom is -0.0844 e. The highest BCUT2D eigenvalue weighted by Gasteiger charge is 2.20. The van der Waals surface area contributed by atoms with Crippen LogP contribution in [-0.4, -0.2) is 0 Å². The molecular formula is C12H22. The number of hydrogen-bond acceptors (Lipinski definition) is 0. The van der Waals surface area contributed by atoms with Crippen molar-refractivity contribution in [2.75, 3.05) is 0 Å². The second kappa shape index (κ2) is 4.49. The van der Waals surface area contributed by atoms with E-state index in [0.29, 0.717) is 5.41 Å². The molecule has 0 aromatic rings. The van der Waals surface area contributed by atoms with Crippen LogP contribution in [0.1, 0.15) is 48.0 Å². The average molecular weight is 166 g/mol. The van der Waals surface area contributed by atoms with E-state index in [1.807, 2.05) is 0 Å². The molecule has 0 bridgehead atoms. The third kappa shape index (κ3) is 2.51. The summed E-state index contributed by atoms with van der Waals surface area (Å²) in [6, 6.07) is 0. The highest BCUT2D eigenvalue weighted by molar-refractivity contribution is 5.33. The Morgan fingerprint density at radius 2 is 1.67 bits per heavy atom. The van der Waals surface area contributed by atoms with Gasteiger partial charge in [0.2, 0.25) is 0 Å². The van der Waals surface area contributed by atoms with E-state index < -0.39 is 0 Å². The minimum atomic E-state index is 0.325. The summed E-state index contributed by atoms with van der Waals surface area (Å²) < 4.78 is 0. The summed E-state index contributed by atoms with van der Waals surface area (Å²) in [6.45, 7) is 13.3. The first kappa shape index (κ1) is 11.5. The van der Waals surface area contributed by atoms with E-state index in [1.54, 1.807) is 0 Å². The molecule has 0 heterocycles. The Morgan fingerprint density at radius 1 is 1.17 bits per heavy atom. The zero-order chi connectivity index (χ0) is 9.78. The van der Waals surface area contributed by atoms with E-state index >= 15 is 0 Å². The zero-order valence-electron chi connectivity index (χ0n) is 9.36. The second-order valence-corrected chi connectivity index (χ2v) is 3.91. The van der Waals surface area contributed by atoms with E-state index in [0.717, 1.165) is 0 Å². The molecule has 70 valence electrons. The van der Waals surface area contributed by atoms with Crippen LogP contribution in [0.3, 0.4) is 0 Å². The lowest BCUT2D eigenvalue weighted by molar-refractivity contribution is 0.434. The van der Waals surface area contributed by atoms with Crippen molar-refractivity contribution < 1.29 is 0 Å². The molecule has 0 unspecified atom stereocenters. The predicted octanol–water partition coefficient (Wildman–Crippen LogP) is 4.34. The van der Waals surface area contributed by atoms with Crippen molar-refractivity contribution in [2.45, 2.75) is 48.0 Å². The lowest BCUT2D eigenvalue weighted by Gasteiger charge is -2.27. The Kier molecular flexibility index (Phi) is 4.30. The smallest absolute Gasteiger partial charge is 0.0107 e. The van der Waals surface area contributed by atoms with Gasteiger partial charge in [0.1, 0.15) is 0 Å². The third-order valence-corrected chi connectivity index (χ3v) is 2.76. The van der Waals surface area contributed by atoms with Crippen molar-refractivity contribution in [2.24, 2.45) is 5.41 Å². The molecule has 0 spiro atoms. The van der Waals surface area contributed by atoms with Crippen LogP contribution in [0.2, 0.25) is 0 Å². The van der Waals surface area contributed by atoms with E-state index in [-0.39, 0.29) is 0 Å². The van der Waals surface area contributed by atoms with Crippen molar-refractivity contribution in [3.8, 4) is 0 Å². The Balaban J connectivity index is 4.83. The van der Waals surface area contributed by atoms with E-state index in [1.165, 1.54) is 17.6 Å². The van der Waals surface area contributed by atoms with E-state index in [9.17, 15) is 0 Å². The van der Waals surface area contributed by atoms with Gasteiger partial charge in [-0.05, 0) is 38.2 Å². The van der Waals surface area contributed by atoms with Gasteiger partial charge in [0.05, 0.1) is 0 Å². The molecule has 0 saturated heterocycles. The molecule has 0 fully saturated rings. The van der Waals surface area contributed by atoms with Crippen LogP contribution in [0.25, 0.3) is 0 Å². The quantitative estimate of drug-likeness (QED) is 0.547. The van der Waals surface area contributed by atoms with Crippen LogP contribution < -0.4 is 0 Å². The van der Waals surface area contributed by atoms with Crippen molar-refractivity contribution in [1.82, 2.24) is 0 Å². The van der Waals surface area contributed by atoms with E-state index in [2.05, 4.69) is 53.7 Å². The van der Waals surface area contributed by atoms with Gasteiger partial charge in [-0.15, -0.1) is 0 Å². The van der Waals surface area contributed by atoms with Crippen molar-refractivity contribution in [1.29, 1.82) is 0 Å². The van der Waals surface area contributed by atoms with Gasteiger partial charge >= 0.3 is 0 Å². The summed E-state index contributed by atoms with van der Waals surface area (Å²) in [6.07, 6.45) is 5.61. The Bertz CT molecular complexity index is 192. The number of hydrogen-bond donors (Lipinski definition) is 0. The summed E-state index contributed by atoms with van der Waals surface area (Å²) in [7, 11) is 0. The highest BCUT2D eigenvalue weighted by atomic mass is 14.2. The van der Waals surface area contributed by atoms with Crippen LogP contribution in [0, 0.1) is 5.41 Å². The molecule has 0 aliphatic heterocycles. The molecular weight excluding hydrogens is 144 g/mol. The van der Waals surface area contributed by atoms with Crippen molar-refractivity contribution in [3.05, 3.63) is 23.3 Å². The standard InChI is InChI=1S/C12H22/c1-7-10(4)11(8-2)12(5,6)9-3/h7-8H,9H2,1-6H3. The molecule has 0 heteroatoms. The topological polar surface area (TPSA) is 0 Å². The molecule has 0 saturated carbocycles. The number of allylic oxidation sites excluding steroid dienone is 4. The molecule has 0 N–H and O–H groups in total. The van der Waals surface area contributed by atoms with Gasteiger partial charge in [0.25, 0.3) is 0 Å². The summed E-state index contributed by atoms with van der Waals surface area (Å²) >= 11 is 0. The van der Waals surface area contributed by atoms with Gasteiger partial charge in [-0.25, -0.2) is 0 Å². The highest BCUT2D eigenvalue weighted by Crippen LogP contribution is 2.34. The third-order valence-electron chi connectivity index (χ3n) is 2.76.